The van der Waals surface area contributed by atoms with Crippen LogP contribution in [0.4, 0.5) is 0 Å². The van der Waals surface area contributed by atoms with Crippen LogP contribution in [0.15, 0.2) is 0 Å². The molecule has 0 bridgehead atoms. The van der Waals surface area contributed by atoms with Crippen LogP contribution in [0.25, 0.3) is 0 Å². The van der Waals surface area contributed by atoms with Gasteiger partial charge in [-0.05, 0) is 25.3 Å². The van der Waals surface area contributed by atoms with Crippen molar-refractivity contribution >= 4 is 11.9 Å². The summed E-state index contributed by atoms with van der Waals surface area (Å²) < 4.78 is 0. The lowest BCUT2D eigenvalue weighted by Gasteiger charge is -2.26. The molecule has 0 radical (unpaired) electrons. The molecule has 17 heavy (non-hydrogen) atoms. The molecule has 0 saturated carbocycles. The number of carboxylic acids is 1. The first-order chi connectivity index (χ1) is 8.00. The molecule has 1 saturated heterocycles. The lowest BCUT2D eigenvalue weighted by atomic mass is 9.96. The fourth-order valence-electron chi connectivity index (χ4n) is 2.02. The van der Waals surface area contributed by atoms with Crippen molar-refractivity contribution in [3.8, 4) is 0 Å². The van der Waals surface area contributed by atoms with Crippen molar-refractivity contribution in [1.82, 2.24) is 10.6 Å². The Bertz CT molecular complexity index is 273. The van der Waals surface area contributed by atoms with Gasteiger partial charge in [0.15, 0.2) is 0 Å². The summed E-state index contributed by atoms with van der Waals surface area (Å²) in [5.41, 5.74) is 0. The highest BCUT2D eigenvalue weighted by Crippen LogP contribution is 2.12. The molecular formula is C12H22N2O3. The maximum Gasteiger partial charge on any atom is 0.305 e. The van der Waals surface area contributed by atoms with Crippen LogP contribution in [-0.2, 0) is 9.59 Å². The Balaban J connectivity index is 2.47. The molecule has 1 amide bonds. The summed E-state index contributed by atoms with van der Waals surface area (Å²) in [6.45, 7) is 5.51. The average Bonchev–Trinajstić information content (AvgIpc) is 2.28. The lowest BCUT2D eigenvalue weighted by molar-refractivity contribution is -0.138. The molecule has 0 aromatic carbocycles. The summed E-state index contributed by atoms with van der Waals surface area (Å²) in [5, 5.41) is 14.8. The number of hydrogen-bond acceptors (Lipinski definition) is 3. The molecule has 98 valence electrons. The van der Waals surface area contributed by atoms with Crippen molar-refractivity contribution in [1.29, 1.82) is 0 Å². The van der Waals surface area contributed by atoms with Crippen LogP contribution >= 0.6 is 0 Å². The number of aliphatic carboxylic acids is 1. The van der Waals surface area contributed by atoms with Crippen molar-refractivity contribution in [2.24, 2.45) is 11.8 Å². The van der Waals surface area contributed by atoms with Gasteiger partial charge in [-0.2, -0.15) is 0 Å². The zero-order valence-corrected chi connectivity index (χ0v) is 10.5. The summed E-state index contributed by atoms with van der Waals surface area (Å²) in [4.78, 5) is 22.7. The van der Waals surface area contributed by atoms with E-state index >= 15 is 0 Å². The standard InChI is InChI=1S/C12H22N2O3/c1-8(2)10(6-11(15)16)14-12(17)9-4-3-5-13-7-9/h8-10,13H,3-7H2,1-2H3,(H,14,17)(H,15,16)/t9-,10?/m1/s1. The minimum atomic E-state index is -0.870. The Kier molecular flexibility index (Phi) is 5.41. The zero-order chi connectivity index (χ0) is 12.8. The van der Waals surface area contributed by atoms with Gasteiger partial charge in [0, 0.05) is 12.6 Å². The highest BCUT2D eigenvalue weighted by Gasteiger charge is 2.25. The topological polar surface area (TPSA) is 78.4 Å². The Labute approximate surface area is 102 Å². The molecule has 0 aromatic rings. The molecule has 1 fully saturated rings. The molecule has 0 aliphatic carbocycles. The third-order valence-electron chi connectivity index (χ3n) is 3.19. The molecule has 1 heterocycles. The third kappa shape index (κ3) is 4.73. The monoisotopic (exact) mass is 242 g/mol. The van der Waals surface area contributed by atoms with Crippen LogP contribution in [0, 0.1) is 11.8 Å². The molecule has 0 spiro atoms. The van der Waals surface area contributed by atoms with Gasteiger partial charge in [0.25, 0.3) is 0 Å². The van der Waals surface area contributed by atoms with E-state index in [2.05, 4.69) is 10.6 Å². The van der Waals surface area contributed by atoms with Gasteiger partial charge in [-0.25, -0.2) is 0 Å². The molecule has 5 nitrogen and oxygen atoms in total. The minimum Gasteiger partial charge on any atom is -0.481 e. The van der Waals surface area contributed by atoms with Gasteiger partial charge < -0.3 is 15.7 Å². The summed E-state index contributed by atoms with van der Waals surface area (Å²) in [5.74, 6) is -0.770. The highest BCUT2D eigenvalue weighted by molar-refractivity contribution is 5.80. The third-order valence-corrected chi connectivity index (χ3v) is 3.19. The van der Waals surface area contributed by atoms with Gasteiger partial charge in [0.2, 0.25) is 5.91 Å². The second kappa shape index (κ2) is 6.59. The van der Waals surface area contributed by atoms with Gasteiger partial charge in [-0.3, -0.25) is 9.59 Å². The lowest BCUT2D eigenvalue weighted by Crippen LogP contribution is -2.46. The fourth-order valence-corrected chi connectivity index (χ4v) is 2.02. The predicted molar refractivity (Wildman–Crippen MR) is 64.6 cm³/mol. The maximum absolute atomic E-state index is 12.0. The number of piperidine rings is 1. The SMILES string of the molecule is CC(C)C(CC(=O)O)NC(=O)[C@@H]1CCCNC1. The van der Waals surface area contributed by atoms with Crippen LogP contribution in [0.5, 0.6) is 0 Å². The van der Waals surface area contributed by atoms with E-state index in [-0.39, 0.29) is 30.2 Å². The summed E-state index contributed by atoms with van der Waals surface area (Å²) in [6, 6.07) is -0.276. The van der Waals surface area contributed by atoms with Crippen LogP contribution < -0.4 is 10.6 Å². The van der Waals surface area contributed by atoms with Gasteiger partial charge in [-0.15, -0.1) is 0 Å². The predicted octanol–water partition coefficient (Wildman–Crippen LogP) is 0.602. The first-order valence-corrected chi connectivity index (χ1v) is 6.23. The average molecular weight is 242 g/mol. The highest BCUT2D eigenvalue weighted by atomic mass is 16.4. The molecule has 1 aliphatic heterocycles. The van der Waals surface area contributed by atoms with Gasteiger partial charge in [-0.1, -0.05) is 13.8 Å². The zero-order valence-electron chi connectivity index (χ0n) is 10.5. The van der Waals surface area contributed by atoms with Gasteiger partial charge in [0.05, 0.1) is 12.3 Å². The number of nitrogens with one attached hydrogen (secondary N) is 2. The van der Waals surface area contributed by atoms with Crippen LogP contribution in [0.1, 0.15) is 33.1 Å². The van der Waals surface area contributed by atoms with E-state index in [1.165, 1.54) is 0 Å². The number of carbonyl (C=O) groups excluding carboxylic acids is 1. The Hall–Kier alpha value is -1.10. The van der Waals surface area contributed by atoms with E-state index in [0.717, 1.165) is 19.4 Å². The second-order valence-corrected chi connectivity index (χ2v) is 5.00. The number of rotatable bonds is 5. The minimum absolute atomic E-state index is 0.0104. The van der Waals surface area contributed by atoms with Crippen molar-refractivity contribution in [3.63, 3.8) is 0 Å². The summed E-state index contributed by atoms with van der Waals surface area (Å²) in [6.07, 6.45) is 1.88. The van der Waals surface area contributed by atoms with Crippen molar-refractivity contribution in [3.05, 3.63) is 0 Å². The number of amides is 1. The molecule has 1 aliphatic rings. The Morgan fingerprint density at radius 2 is 2.18 bits per heavy atom. The smallest absolute Gasteiger partial charge is 0.305 e. The molecule has 5 heteroatoms. The van der Waals surface area contributed by atoms with Gasteiger partial charge in [0.1, 0.15) is 0 Å². The van der Waals surface area contributed by atoms with E-state index in [9.17, 15) is 9.59 Å². The molecule has 1 unspecified atom stereocenters. The summed E-state index contributed by atoms with van der Waals surface area (Å²) >= 11 is 0. The van der Waals surface area contributed by atoms with E-state index < -0.39 is 5.97 Å². The van der Waals surface area contributed by atoms with Crippen LogP contribution in [0.3, 0.4) is 0 Å². The molecule has 0 aromatic heterocycles. The summed E-state index contributed by atoms with van der Waals surface area (Å²) in [7, 11) is 0. The van der Waals surface area contributed by atoms with Crippen LogP contribution in [-0.4, -0.2) is 36.1 Å². The quantitative estimate of drug-likeness (QED) is 0.659. The fraction of sp³-hybridized carbons (Fsp3) is 0.833. The molecule has 3 N–H and O–H groups in total. The number of carbonyl (C=O) groups is 2. The second-order valence-electron chi connectivity index (χ2n) is 5.00. The molecule has 1 rings (SSSR count). The normalized spacial score (nSPS) is 22.2. The first kappa shape index (κ1) is 14.0. The van der Waals surface area contributed by atoms with Crippen molar-refractivity contribution < 1.29 is 14.7 Å². The largest absolute Gasteiger partial charge is 0.481 e. The maximum atomic E-state index is 12.0. The van der Waals surface area contributed by atoms with Crippen molar-refractivity contribution in [2.45, 2.75) is 39.2 Å². The molecular weight excluding hydrogens is 220 g/mol. The van der Waals surface area contributed by atoms with E-state index in [1.807, 2.05) is 13.8 Å². The van der Waals surface area contributed by atoms with E-state index in [4.69, 9.17) is 5.11 Å². The number of hydrogen-bond donors (Lipinski definition) is 3. The Morgan fingerprint density at radius 3 is 2.65 bits per heavy atom. The van der Waals surface area contributed by atoms with E-state index in [1.54, 1.807) is 0 Å². The first-order valence-electron chi connectivity index (χ1n) is 6.23. The van der Waals surface area contributed by atoms with Gasteiger partial charge >= 0.3 is 5.97 Å². The number of carboxylic acid groups (broad SMARTS) is 1. The van der Waals surface area contributed by atoms with E-state index in [0.29, 0.717) is 6.54 Å². The Morgan fingerprint density at radius 1 is 1.47 bits per heavy atom. The molecule has 2 atom stereocenters. The van der Waals surface area contributed by atoms with Crippen LogP contribution in [0.2, 0.25) is 0 Å². The van der Waals surface area contributed by atoms with Crippen molar-refractivity contribution in [2.75, 3.05) is 13.1 Å².